The molecule has 0 rings (SSSR count). The highest BCUT2D eigenvalue weighted by Gasteiger charge is 2.88. The highest BCUT2D eigenvalue weighted by molar-refractivity contribution is 5.83. The van der Waals surface area contributed by atoms with E-state index >= 15 is 0 Å². The fourth-order valence-electron chi connectivity index (χ4n) is 3.70. The van der Waals surface area contributed by atoms with Crippen LogP contribution in [-0.4, -0.2) is 86.6 Å². The first-order chi connectivity index (χ1) is 18.0. The molecule has 1 amide bonds. The average molecular weight is 629 g/mol. The van der Waals surface area contributed by atoms with Crippen LogP contribution in [0.15, 0.2) is 0 Å². The summed E-state index contributed by atoms with van der Waals surface area (Å²) in [4.78, 5) is 38.6. The lowest BCUT2D eigenvalue weighted by atomic mass is 9.72. The number of ether oxygens (including phenoxy) is 2. The van der Waals surface area contributed by atoms with Crippen LogP contribution >= 0.6 is 0 Å². The van der Waals surface area contributed by atoms with E-state index in [0.717, 1.165) is 18.9 Å². The monoisotopic (exact) mass is 629 g/mol. The van der Waals surface area contributed by atoms with Crippen molar-refractivity contribution in [1.29, 1.82) is 0 Å². The Bertz CT molecular complexity index is 955. The molecule has 0 spiro atoms. The minimum absolute atomic E-state index is 0.298. The Morgan fingerprint density at radius 3 is 1.59 bits per heavy atom. The van der Waals surface area contributed by atoms with Gasteiger partial charge in [-0.3, -0.25) is 14.4 Å². The normalized spacial score (nSPS) is 16.2. The van der Waals surface area contributed by atoms with Crippen LogP contribution in [0.2, 0.25) is 0 Å². The van der Waals surface area contributed by atoms with E-state index in [4.69, 9.17) is 0 Å². The molecule has 0 radical (unpaired) electrons. The van der Waals surface area contributed by atoms with Crippen molar-refractivity contribution in [3.8, 4) is 0 Å². The first kappa shape index (κ1) is 38.6. The van der Waals surface area contributed by atoms with Crippen molar-refractivity contribution in [2.24, 2.45) is 16.7 Å². The van der Waals surface area contributed by atoms with Crippen molar-refractivity contribution in [2.45, 2.75) is 83.0 Å². The minimum Gasteiger partial charge on any atom is -0.469 e. The summed E-state index contributed by atoms with van der Waals surface area (Å²) in [6, 6.07) is 0. The van der Waals surface area contributed by atoms with Crippen LogP contribution in [0.25, 0.3) is 0 Å². The Hall–Kier alpha value is -2.43. The molecule has 0 aromatic heterocycles. The number of nitrogens with zero attached hydrogens (tertiary/aromatic N) is 1. The summed E-state index contributed by atoms with van der Waals surface area (Å²) in [5, 5.41) is 0. The maximum absolute atomic E-state index is 14.1. The van der Waals surface area contributed by atoms with Gasteiger partial charge in [-0.15, -0.1) is 0 Å². The van der Waals surface area contributed by atoms with E-state index < -0.39 is 83.7 Å². The third-order valence-corrected chi connectivity index (χ3v) is 6.58. The van der Waals surface area contributed by atoms with E-state index in [0.29, 0.717) is 0 Å². The molecule has 6 nitrogen and oxygen atoms in total. The molecule has 0 N–H and O–H groups in total. The van der Waals surface area contributed by atoms with Crippen LogP contribution in [0, 0.1) is 16.7 Å². The molecule has 2 atom stereocenters. The SMILES string of the molecule is CCC(C)(CC(CC(C)(C)C(=O)OC)C(=O)N(C)C)C(=O)OCC(F)(F)C(F)(F)C(F)(F)C(F)(F)C(F)(F)C(F)F. The Morgan fingerprint density at radius 2 is 1.22 bits per heavy atom. The smallest absolute Gasteiger partial charge is 0.384 e. The maximum Gasteiger partial charge on any atom is 0.384 e. The fourth-order valence-corrected chi connectivity index (χ4v) is 3.70. The van der Waals surface area contributed by atoms with Gasteiger partial charge in [-0.05, 0) is 40.0 Å². The quantitative estimate of drug-likeness (QED) is 0.163. The Morgan fingerprint density at radius 1 is 0.756 bits per heavy atom. The molecule has 0 fully saturated rings. The van der Waals surface area contributed by atoms with Crippen LogP contribution < -0.4 is 0 Å². The number of esters is 2. The maximum atomic E-state index is 14.1. The van der Waals surface area contributed by atoms with Crippen LogP contribution in [0.1, 0.15) is 47.0 Å². The number of alkyl halides is 12. The highest BCUT2D eigenvalue weighted by atomic mass is 19.4. The molecule has 0 saturated heterocycles. The number of amides is 1. The molecule has 0 aliphatic heterocycles. The van der Waals surface area contributed by atoms with Gasteiger partial charge in [0.2, 0.25) is 5.91 Å². The summed E-state index contributed by atoms with van der Waals surface area (Å²) in [6.07, 6.45) is -6.89. The second kappa shape index (κ2) is 12.4. The predicted octanol–water partition coefficient (Wildman–Crippen LogP) is 6.07. The predicted molar refractivity (Wildman–Crippen MR) is 117 cm³/mol. The van der Waals surface area contributed by atoms with Crippen molar-refractivity contribution >= 4 is 17.8 Å². The van der Waals surface area contributed by atoms with Crippen molar-refractivity contribution in [1.82, 2.24) is 4.90 Å². The van der Waals surface area contributed by atoms with Gasteiger partial charge in [0.1, 0.15) is 0 Å². The van der Waals surface area contributed by atoms with Gasteiger partial charge >= 0.3 is 48.0 Å². The van der Waals surface area contributed by atoms with Crippen molar-refractivity contribution in [2.75, 3.05) is 27.8 Å². The van der Waals surface area contributed by atoms with Gasteiger partial charge in [-0.1, -0.05) is 6.92 Å². The summed E-state index contributed by atoms with van der Waals surface area (Å²) in [5.74, 6) is -41.0. The van der Waals surface area contributed by atoms with Gasteiger partial charge in [0.05, 0.1) is 17.9 Å². The van der Waals surface area contributed by atoms with Crippen LogP contribution in [0.5, 0.6) is 0 Å². The summed E-state index contributed by atoms with van der Waals surface area (Å²) in [7, 11) is 3.63. The number of carbonyl (C=O) groups is 3. The Balaban J connectivity index is 6.20. The van der Waals surface area contributed by atoms with Gasteiger partial charge in [0, 0.05) is 20.0 Å². The van der Waals surface area contributed by atoms with E-state index in [2.05, 4.69) is 9.47 Å². The minimum atomic E-state index is -7.76. The zero-order valence-electron chi connectivity index (χ0n) is 23.0. The van der Waals surface area contributed by atoms with E-state index in [1.807, 2.05) is 0 Å². The first-order valence-corrected chi connectivity index (χ1v) is 11.7. The van der Waals surface area contributed by atoms with E-state index in [1.165, 1.54) is 34.9 Å². The lowest BCUT2D eigenvalue weighted by molar-refractivity contribution is -0.414. The summed E-state index contributed by atoms with van der Waals surface area (Å²) < 4.78 is 170. The molecule has 0 bridgehead atoms. The lowest BCUT2D eigenvalue weighted by Crippen LogP contribution is -2.69. The fraction of sp³-hybridized carbons (Fsp3) is 0.870. The average Bonchev–Trinajstić information content (AvgIpc) is 2.84. The van der Waals surface area contributed by atoms with E-state index in [1.54, 1.807) is 0 Å². The molecule has 0 aliphatic carbocycles. The molecular weight excluding hydrogens is 598 g/mol. The Kier molecular flexibility index (Phi) is 11.7. The molecule has 18 heteroatoms. The van der Waals surface area contributed by atoms with Crippen molar-refractivity contribution < 1.29 is 76.5 Å². The Labute approximate surface area is 227 Å². The van der Waals surface area contributed by atoms with Gasteiger partial charge in [-0.25, -0.2) is 8.78 Å². The topological polar surface area (TPSA) is 72.9 Å². The van der Waals surface area contributed by atoms with Gasteiger partial charge in [0.25, 0.3) is 0 Å². The molecule has 242 valence electrons. The van der Waals surface area contributed by atoms with Gasteiger partial charge < -0.3 is 14.4 Å². The third kappa shape index (κ3) is 7.32. The number of rotatable bonds is 15. The summed E-state index contributed by atoms with van der Waals surface area (Å²) in [6.45, 7) is 1.93. The lowest BCUT2D eigenvalue weighted by Gasteiger charge is -2.39. The second-order valence-corrected chi connectivity index (χ2v) is 10.6. The molecule has 0 aromatic carbocycles. The van der Waals surface area contributed by atoms with Crippen LogP contribution in [0.3, 0.4) is 0 Å². The second-order valence-electron chi connectivity index (χ2n) is 10.6. The highest BCUT2D eigenvalue weighted by Crippen LogP contribution is 2.58. The standard InChI is InChI=1S/C23H31F12NO5/c1-8-18(4,10-12(13(37)36(5)6)9-17(2,3)15(38)40-7)16(39)41-11-19(26,27)21(30,31)23(34,35)22(32,33)20(28,29)14(24)25/h12,14H,8-11H2,1-7H3. The summed E-state index contributed by atoms with van der Waals surface area (Å²) in [5.41, 5.74) is -3.36. The number of carbonyl (C=O) groups excluding carboxylic acids is 3. The molecule has 41 heavy (non-hydrogen) atoms. The molecular formula is C23H31F12NO5. The molecule has 0 saturated carbocycles. The molecule has 0 aromatic rings. The molecule has 0 aliphatic rings. The van der Waals surface area contributed by atoms with Gasteiger partial charge in [-0.2, -0.15) is 43.9 Å². The third-order valence-electron chi connectivity index (χ3n) is 6.58. The van der Waals surface area contributed by atoms with Crippen molar-refractivity contribution in [3.63, 3.8) is 0 Å². The van der Waals surface area contributed by atoms with Crippen LogP contribution in [-0.2, 0) is 23.9 Å². The number of hydrogen-bond donors (Lipinski definition) is 0. The molecule has 2 unspecified atom stereocenters. The number of halogens is 12. The zero-order chi connectivity index (χ0) is 33.2. The van der Waals surface area contributed by atoms with Crippen LogP contribution in [0.4, 0.5) is 52.7 Å². The molecule has 0 heterocycles. The zero-order valence-corrected chi connectivity index (χ0v) is 23.0. The summed E-state index contributed by atoms with van der Waals surface area (Å²) >= 11 is 0. The first-order valence-electron chi connectivity index (χ1n) is 11.7. The van der Waals surface area contributed by atoms with Gasteiger partial charge in [0.15, 0.2) is 6.61 Å². The largest absolute Gasteiger partial charge is 0.469 e. The van der Waals surface area contributed by atoms with Crippen molar-refractivity contribution in [3.05, 3.63) is 0 Å². The van der Waals surface area contributed by atoms with E-state index in [-0.39, 0.29) is 12.8 Å². The van der Waals surface area contributed by atoms with E-state index in [9.17, 15) is 67.1 Å². The number of methoxy groups -OCH3 is 1. The number of hydrogen-bond acceptors (Lipinski definition) is 5.